The highest BCUT2D eigenvalue weighted by atomic mass is 32.1. The first-order valence-electron chi connectivity index (χ1n) is 17.2. The van der Waals surface area contributed by atoms with Gasteiger partial charge in [-0.1, -0.05) is 97.1 Å². The van der Waals surface area contributed by atoms with Gasteiger partial charge < -0.3 is 4.90 Å². The second-order valence-corrected chi connectivity index (χ2v) is 15.4. The summed E-state index contributed by atoms with van der Waals surface area (Å²) in [6, 6.07) is 60.0. The molecule has 0 aliphatic carbocycles. The summed E-state index contributed by atoms with van der Waals surface area (Å²) in [5, 5.41) is 12.7. The molecule has 0 fully saturated rings. The molecule has 0 bridgehead atoms. The Kier molecular flexibility index (Phi) is 6.32. The number of pyridine rings is 1. The first-order valence-corrected chi connectivity index (χ1v) is 18.8. The van der Waals surface area contributed by atoms with E-state index in [1.165, 1.54) is 67.3 Å². The van der Waals surface area contributed by atoms with Gasteiger partial charge in [0, 0.05) is 74.6 Å². The van der Waals surface area contributed by atoms with Crippen molar-refractivity contribution in [3.8, 4) is 11.3 Å². The van der Waals surface area contributed by atoms with E-state index in [0.29, 0.717) is 0 Å². The van der Waals surface area contributed by atoms with E-state index in [1.54, 1.807) is 0 Å². The van der Waals surface area contributed by atoms with E-state index in [2.05, 4.69) is 169 Å². The number of benzene rings is 8. The molecule has 0 saturated heterocycles. The van der Waals surface area contributed by atoms with Gasteiger partial charge in [0.15, 0.2) is 0 Å². The predicted octanol–water partition coefficient (Wildman–Crippen LogP) is 14.4. The summed E-state index contributed by atoms with van der Waals surface area (Å²) in [5.74, 6) is 0. The van der Waals surface area contributed by atoms with Gasteiger partial charge in [0.1, 0.15) is 0 Å². The third kappa shape index (κ3) is 4.72. The van der Waals surface area contributed by atoms with Gasteiger partial charge in [-0.05, 0) is 93.7 Å². The summed E-state index contributed by atoms with van der Waals surface area (Å²) in [4.78, 5) is 7.21. The quantitative estimate of drug-likeness (QED) is 0.183. The van der Waals surface area contributed by atoms with Crippen LogP contribution in [0.3, 0.4) is 0 Å². The average Bonchev–Trinajstić information content (AvgIpc) is 3.72. The standard InChI is InChI=1S/C47H28N2S2/c1-3-10-33-24-44-41(21-30(33)7-1)39-19-17-37(26-46(39)50-44)49(36-15-13-29(14-16-36)43-23-32-9-5-6-12-35(32)28-48-43)38-18-20-40-42-22-31-8-2-4-11-34(31)25-45(42)51-47(40)27-38/h1-28H. The van der Waals surface area contributed by atoms with Crippen LogP contribution in [-0.2, 0) is 0 Å². The Labute approximate surface area is 302 Å². The van der Waals surface area contributed by atoms with Crippen LogP contribution in [0.2, 0.25) is 0 Å². The maximum Gasteiger partial charge on any atom is 0.0708 e. The second-order valence-electron chi connectivity index (χ2n) is 13.3. The van der Waals surface area contributed by atoms with Crippen molar-refractivity contribution in [2.45, 2.75) is 0 Å². The highest BCUT2D eigenvalue weighted by Crippen LogP contribution is 2.44. The zero-order chi connectivity index (χ0) is 33.5. The van der Waals surface area contributed by atoms with Gasteiger partial charge in [0.25, 0.3) is 0 Å². The minimum atomic E-state index is 0.977. The van der Waals surface area contributed by atoms with Crippen LogP contribution in [0.5, 0.6) is 0 Å². The van der Waals surface area contributed by atoms with Gasteiger partial charge in [0.05, 0.1) is 5.69 Å². The Morgan fingerprint density at radius 3 is 1.31 bits per heavy atom. The van der Waals surface area contributed by atoms with Crippen molar-refractivity contribution in [2.24, 2.45) is 0 Å². The molecule has 3 aromatic heterocycles. The van der Waals surface area contributed by atoms with E-state index in [1.807, 2.05) is 28.9 Å². The van der Waals surface area contributed by atoms with Gasteiger partial charge in [-0.25, -0.2) is 0 Å². The largest absolute Gasteiger partial charge is 0.310 e. The lowest BCUT2D eigenvalue weighted by Crippen LogP contribution is -2.09. The number of nitrogens with zero attached hydrogens (tertiary/aromatic N) is 2. The molecule has 51 heavy (non-hydrogen) atoms. The Bertz CT molecular complexity index is 3000. The Balaban J connectivity index is 1.07. The van der Waals surface area contributed by atoms with Crippen LogP contribution in [-0.4, -0.2) is 4.98 Å². The Hall–Kier alpha value is -6.07. The molecule has 2 nitrogen and oxygen atoms in total. The number of rotatable bonds is 4. The molecule has 0 amide bonds. The normalized spacial score (nSPS) is 11.9. The SMILES string of the molecule is c1ccc2cc(-c3ccc(N(c4ccc5c(c4)sc4cc6ccccc6cc45)c4ccc5c(c4)sc4cc6ccccc6cc45)cc3)ncc2c1. The van der Waals surface area contributed by atoms with Crippen LogP contribution < -0.4 is 4.90 Å². The van der Waals surface area contributed by atoms with Crippen molar-refractivity contribution in [2.75, 3.05) is 4.90 Å². The van der Waals surface area contributed by atoms with Crippen LogP contribution >= 0.6 is 22.7 Å². The predicted molar refractivity (Wildman–Crippen MR) is 223 cm³/mol. The van der Waals surface area contributed by atoms with Gasteiger partial charge in [-0.2, -0.15) is 0 Å². The molecule has 0 atom stereocenters. The van der Waals surface area contributed by atoms with Crippen molar-refractivity contribution in [3.05, 3.63) is 170 Å². The molecular formula is C47H28N2S2. The van der Waals surface area contributed by atoms with Crippen molar-refractivity contribution < 1.29 is 0 Å². The fourth-order valence-electron chi connectivity index (χ4n) is 7.65. The number of hydrogen-bond donors (Lipinski definition) is 0. The summed E-state index contributed by atoms with van der Waals surface area (Å²) in [7, 11) is 0. The van der Waals surface area contributed by atoms with Gasteiger partial charge >= 0.3 is 0 Å². The molecule has 3 heterocycles. The summed E-state index contributed by atoms with van der Waals surface area (Å²) in [6.45, 7) is 0. The molecule has 0 radical (unpaired) electrons. The fraction of sp³-hybridized carbons (Fsp3) is 0. The summed E-state index contributed by atoms with van der Waals surface area (Å²) in [5.41, 5.74) is 5.47. The molecule has 4 heteroatoms. The zero-order valence-electron chi connectivity index (χ0n) is 27.4. The Morgan fingerprint density at radius 2 is 0.784 bits per heavy atom. The molecule has 8 aromatic carbocycles. The minimum absolute atomic E-state index is 0.977. The van der Waals surface area contributed by atoms with Crippen LogP contribution in [0.15, 0.2) is 170 Å². The van der Waals surface area contributed by atoms with Crippen molar-refractivity contribution in [1.82, 2.24) is 4.98 Å². The number of aromatic nitrogens is 1. The van der Waals surface area contributed by atoms with Crippen molar-refractivity contribution >= 4 is 112 Å². The van der Waals surface area contributed by atoms with E-state index in [4.69, 9.17) is 4.98 Å². The molecule has 238 valence electrons. The van der Waals surface area contributed by atoms with Gasteiger partial charge in [-0.15, -0.1) is 22.7 Å². The second kappa shape index (κ2) is 11.2. The highest BCUT2D eigenvalue weighted by molar-refractivity contribution is 7.26. The van der Waals surface area contributed by atoms with Gasteiger partial charge in [0.2, 0.25) is 0 Å². The molecule has 0 spiro atoms. The fourth-order valence-corrected chi connectivity index (χ4v) is 9.99. The van der Waals surface area contributed by atoms with Crippen molar-refractivity contribution in [3.63, 3.8) is 0 Å². The molecule has 0 aliphatic heterocycles. The third-order valence-corrected chi connectivity index (χ3v) is 12.4. The first-order chi connectivity index (χ1) is 25.2. The van der Waals surface area contributed by atoms with Crippen LogP contribution in [0.25, 0.3) is 83.9 Å². The van der Waals surface area contributed by atoms with E-state index in [0.717, 1.165) is 33.7 Å². The van der Waals surface area contributed by atoms with E-state index < -0.39 is 0 Å². The van der Waals surface area contributed by atoms with E-state index in [9.17, 15) is 0 Å². The smallest absolute Gasteiger partial charge is 0.0708 e. The zero-order valence-corrected chi connectivity index (χ0v) is 29.0. The summed E-state index contributed by atoms with van der Waals surface area (Å²) in [6.07, 6.45) is 1.97. The number of anilines is 3. The highest BCUT2D eigenvalue weighted by Gasteiger charge is 2.17. The molecule has 0 unspecified atom stereocenters. The first kappa shape index (κ1) is 28.7. The number of fused-ring (bicyclic) bond motifs is 9. The van der Waals surface area contributed by atoms with Crippen LogP contribution in [0, 0.1) is 0 Å². The average molecular weight is 685 g/mol. The van der Waals surface area contributed by atoms with Gasteiger partial charge in [-0.3, -0.25) is 4.98 Å². The van der Waals surface area contributed by atoms with E-state index >= 15 is 0 Å². The summed E-state index contributed by atoms with van der Waals surface area (Å²) < 4.78 is 5.21. The maximum absolute atomic E-state index is 4.81. The van der Waals surface area contributed by atoms with Crippen LogP contribution in [0.4, 0.5) is 17.1 Å². The number of thiophene rings is 2. The molecule has 11 aromatic rings. The van der Waals surface area contributed by atoms with E-state index in [-0.39, 0.29) is 0 Å². The molecule has 11 rings (SSSR count). The maximum atomic E-state index is 4.81. The molecule has 0 aliphatic rings. The van der Waals surface area contributed by atoms with Crippen LogP contribution in [0.1, 0.15) is 0 Å². The number of hydrogen-bond acceptors (Lipinski definition) is 4. The molecule has 0 N–H and O–H groups in total. The monoisotopic (exact) mass is 684 g/mol. The Morgan fingerprint density at radius 1 is 0.353 bits per heavy atom. The minimum Gasteiger partial charge on any atom is -0.310 e. The molecular weight excluding hydrogens is 657 g/mol. The third-order valence-electron chi connectivity index (χ3n) is 10.2. The lowest BCUT2D eigenvalue weighted by molar-refractivity contribution is 1.29. The summed E-state index contributed by atoms with van der Waals surface area (Å²) >= 11 is 3.75. The van der Waals surface area contributed by atoms with Crippen molar-refractivity contribution in [1.29, 1.82) is 0 Å². The lowest BCUT2D eigenvalue weighted by Gasteiger charge is -2.26. The molecule has 0 saturated carbocycles. The lowest BCUT2D eigenvalue weighted by atomic mass is 10.0. The topological polar surface area (TPSA) is 16.1 Å².